The highest BCUT2D eigenvalue weighted by atomic mass is 15.1. The largest absolute Gasteiger partial charge is 0.313 e. The quantitative estimate of drug-likeness (QED) is 0.769. The molecule has 0 bridgehead atoms. The molecule has 2 N–H and O–H groups in total. The fourth-order valence-electron chi connectivity index (χ4n) is 2.86. The number of rotatable bonds is 5. The van der Waals surface area contributed by atoms with Crippen LogP contribution in [0.1, 0.15) is 38.5 Å². The highest BCUT2D eigenvalue weighted by Crippen LogP contribution is 2.36. The van der Waals surface area contributed by atoms with Gasteiger partial charge in [0.1, 0.15) is 5.54 Å². The molecule has 0 aromatic carbocycles. The lowest BCUT2D eigenvalue weighted by atomic mass is 9.87. The summed E-state index contributed by atoms with van der Waals surface area (Å²) in [6, 6.07) is 2.33. The van der Waals surface area contributed by atoms with Gasteiger partial charge in [0.05, 0.1) is 6.07 Å². The van der Waals surface area contributed by atoms with Crippen LogP contribution < -0.4 is 5.73 Å². The molecule has 0 aromatic heterocycles. The predicted octanol–water partition coefficient (Wildman–Crippen LogP) is 1.74. The van der Waals surface area contributed by atoms with E-state index in [1.807, 2.05) is 0 Å². The highest BCUT2D eigenvalue weighted by Gasteiger charge is 2.39. The second-order valence-electron chi connectivity index (χ2n) is 5.74. The van der Waals surface area contributed by atoms with Crippen LogP contribution in [-0.4, -0.2) is 30.6 Å². The first-order valence-corrected chi connectivity index (χ1v) is 6.53. The van der Waals surface area contributed by atoms with Crippen LogP contribution >= 0.6 is 0 Å². The molecular formula is C13H23N3. The molecule has 2 fully saturated rings. The molecular weight excluding hydrogens is 198 g/mol. The second-order valence-corrected chi connectivity index (χ2v) is 5.74. The Labute approximate surface area is 98.6 Å². The van der Waals surface area contributed by atoms with E-state index >= 15 is 0 Å². The highest BCUT2D eigenvalue weighted by molar-refractivity contribution is 5.11. The first kappa shape index (κ1) is 11.9. The Morgan fingerprint density at radius 1 is 1.44 bits per heavy atom. The number of hydrogen-bond donors (Lipinski definition) is 1. The van der Waals surface area contributed by atoms with E-state index in [0.29, 0.717) is 5.92 Å². The number of nitrogens with two attached hydrogens (primary N) is 1. The summed E-state index contributed by atoms with van der Waals surface area (Å²) in [7, 11) is 2.19. The topological polar surface area (TPSA) is 53.0 Å². The third kappa shape index (κ3) is 2.75. The van der Waals surface area contributed by atoms with Crippen LogP contribution in [0.15, 0.2) is 0 Å². The van der Waals surface area contributed by atoms with Crippen molar-refractivity contribution in [2.75, 3.05) is 20.1 Å². The zero-order valence-electron chi connectivity index (χ0n) is 10.3. The van der Waals surface area contributed by atoms with Crippen molar-refractivity contribution >= 4 is 0 Å². The summed E-state index contributed by atoms with van der Waals surface area (Å²) in [5, 5.41) is 9.13. The Kier molecular flexibility index (Phi) is 3.51. The van der Waals surface area contributed by atoms with Crippen LogP contribution in [0.25, 0.3) is 0 Å². The average molecular weight is 221 g/mol. The van der Waals surface area contributed by atoms with Crippen molar-refractivity contribution in [3.63, 3.8) is 0 Å². The monoisotopic (exact) mass is 221 g/mol. The van der Waals surface area contributed by atoms with Crippen LogP contribution in [0.5, 0.6) is 0 Å². The summed E-state index contributed by atoms with van der Waals surface area (Å²) < 4.78 is 0. The first-order chi connectivity index (χ1) is 7.64. The van der Waals surface area contributed by atoms with Crippen molar-refractivity contribution in [2.24, 2.45) is 17.6 Å². The lowest BCUT2D eigenvalue weighted by molar-refractivity contribution is 0.267. The molecule has 2 saturated carbocycles. The van der Waals surface area contributed by atoms with Crippen molar-refractivity contribution in [3.8, 4) is 6.07 Å². The maximum Gasteiger partial charge on any atom is 0.107 e. The molecule has 90 valence electrons. The van der Waals surface area contributed by atoms with E-state index in [4.69, 9.17) is 11.0 Å². The lowest BCUT2D eigenvalue weighted by Crippen LogP contribution is -2.43. The summed E-state index contributed by atoms with van der Waals surface area (Å²) >= 11 is 0. The van der Waals surface area contributed by atoms with E-state index in [1.54, 1.807) is 0 Å². The zero-order chi connectivity index (χ0) is 11.6. The number of nitrogens with zero attached hydrogens (tertiary/aromatic N) is 2. The fraction of sp³-hybridized carbons (Fsp3) is 0.923. The van der Waals surface area contributed by atoms with Gasteiger partial charge < -0.3 is 10.6 Å². The number of nitriles is 1. The van der Waals surface area contributed by atoms with E-state index in [2.05, 4.69) is 18.0 Å². The zero-order valence-corrected chi connectivity index (χ0v) is 10.3. The van der Waals surface area contributed by atoms with Gasteiger partial charge in [-0.25, -0.2) is 0 Å². The molecule has 0 saturated heterocycles. The molecule has 2 aliphatic rings. The summed E-state index contributed by atoms with van der Waals surface area (Å²) in [5.41, 5.74) is 5.60. The summed E-state index contributed by atoms with van der Waals surface area (Å²) in [5.74, 6) is 1.37. The van der Waals surface area contributed by atoms with E-state index in [-0.39, 0.29) is 0 Å². The van der Waals surface area contributed by atoms with Gasteiger partial charge in [0, 0.05) is 6.54 Å². The summed E-state index contributed by atoms with van der Waals surface area (Å²) in [6.45, 7) is 2.33. The Morgan fingerprint density at radius 3 is 2.81 bits per heavy atom. The third-order valence-corrected chi connectivity index (χ3v) is 4.21. The molecule has 3 nitrogen and oxygen atoms in total. The van der Waals surface area contributed by atoms with Crippen molar-refractivity contribution < 1.29 is 0 Å². The van der Waals surface area contributed by atoms with Gasteiger partial charge in [0.15, 0.2) is 0 Å². The predicted molar refractivity (Wildman–Crippen MR) is 64.7 cm³/mol. The van der Waals surface area contributed by atoms with Crippen molar-refractivity contribution in [1.82, 2.24) is 4.90 Å². The van der Waals surface area contributed by atoms with Gasteiger partial charge in [-0.2, -0.15) is 5.26 Å². The van der Waals surface area contributed by atoms with Crippen molar-refractivity contribution in [3.05, 3.63) is 0 Å². The van der Waals surface area contributed by atoms with Gasteiger partial charge in [-0.3, -0.25) is 0 Å². The van der Waals surface area contributed by atoms with Crippen LogP contribution in [0.2, 0.25) is 0 Å². The fourth-order valence-corrected chi connectivity index (χ4v) is 2.86. The van der Waals surface area contributed by atoms with Crippen molar-refractivity contribution in [2.45, 2.75) is 44.1 Å². The van der Waals surface area contributed by atoms with Gasteiger partial charge in [0.25, 0.3) is 0 Å². The average Bonchev–Trinajstić information content (AvgIpc) is 2.99. The Balaban J connectivity index is 1.74. The van der Waals surface area contributed by atoms with Crippen LogP contribution in [0.3, 0.4) is 0 Å². The standard InChI is InChI=1S/C13H23N3/c1-16(9-11-4-5-11)8-6-12-3-2-7-13(12,15)10-14/h11-12H,2-9,15H2,1H3. The molecule has 0 aromatic rings. The lowest BCUT2D eigenvalue weighted by Gasteiger charge is -2.26. The minimum atomic E-state index is -0.527. The minimum Gasteiger partial charge on any atom is -0.313 e. The Morgan fingerprint density at radius 2 is 2.19 bits per heavy atom. The molecule has 0 aliphatic heterocycles. The van der Waals surface area contributed by atoms with E-state index in [9.17, 15) is 0 Å². The molecule has 0 radical (unpaired) electrons. The van der Waals surface area contributed by atoms with Gasteiger partial charge in [-0.05, 0) is 57.5 Å². The van der Waals surface area contributed by atoms with Gasteiger partial charge in [0.2, 0.25) is 0 Å². The van der Waals surface area contributed by atoms with Gasteiger partial charge >= 0.3 is 0 Å². The molecule has 16 heavy (non-hydrogen) atoms. The SMILES string of the molecule is CN(CCC1CCCC1(N)C#N)CC1CC1. The van der Waals surface area contributed by atoms with Crippen LogP contribution in [0.4, 0.5) is 0 Å². The molecule has 3 heteroatoms. The third-order valence-electron chi connectivity index (χ3n) is 4.21. The Bertz CT molecular complexity index is 279. The van der Waals surface area contributed by atoms with E-state index < -0.39 is 5.54 Å². The Hall–Kier alpha value is -0.590. The molecule has 0 heterocycles. The molecule has 2 rings (SSSR count). The molecule has 0 amide bonds. The number of hydrogen-bond acceptors (Lipinski definition) is 3. The molecule has 0 spiro atoms. The smallest absolute Gasteiger partial charge is 0.107 e. The second kappa shape index (κ2) is 4.73. The molecule has 2 atom stereocenters. The maximum absolute atomic E-state index is 9.13. The molecule has 2 aliphatic carbocycles. The minimum absolute atomic E-state index is 0.416. The van der Waals surface area contributed by atoms with E-state index in [0.717, 1.165) is 38.1 Å². The van der Waals surface area contributed by atoms with Crippen LogP contribution in [-0.2, 0) is 0 Å². The normalized spacial score (nSPS) is 34.2. The van der Waals surface area contributed by atoms with Gasteiger partial charge in [-0.15, -0.1) is 0 Å². The van der Waals surface area contributed by atoms with Crippen molar-refractivity contribution in [1.29, 1.82) is 5.26 Å². The van der Waals surface area contributed by atoms with Crippen LogP contribution in [0, 0.1) is 23.2 Å². The summed E-state index contributed by atoms with van der Waals surface area (Å²) in [6.07, 6.45) is 7.07. The first-order valence-electron chi connectivity index (χ1n) is 6.53. The summed E-state index contributed by atoms with van der Waals surface area (Å²) in [4.78, 5) is 2.41. The molecule has 2 unspecified atom stereocenters. The maximum atomic E-state index is 9.13. The van der Waals surface area contributed by atoms with Gasteiger partial charge in [-0.1, -0.05) is 6.42 Å². The van der Waals surface area contributed by atoms with E-state index in [1.165, 1.54) is 19.4 Å².